The Hall–Kier alpha value is -3.09. The number of nitrogens with one attached hydrogen (secondary N) is 1. The summed E-state index contributed by atoms with van der Waals surface area (Å²) in [5.74, 6) is 0.416. The molecule has 146 valence electrons. The molecular weight excluding hydrogens is 406 g/mol. The van der Waals surface area contributed by atoms with Gasteiger partial charge in [-0.2, -0.15) is 0 Å². The van der Waals surface area contributed by atoms with E-state index in [2.05, 4.69) is 5.32 Å². The van der Waals surface area contributed by atoms with Crippen molar-refractivity contribution in [1.29, 1.82) is 0 Å². The second-order valence-electron chi connectivity index (χ2n) is 6.32. The summed E-state index contributed by atoms with van der Waals surface area (Å²) >= 11 is 7.68. The fourth-order valence-electron chi connectivity index (χ4n) is 2.98. The van der Waals surface area contributed by atoms with Crippen molar-refractivity contribution in [2.45, 2.75) is 6.54 Å². The van der Waals surface area contributed by atoms with Crippen LogP contribution in [0.2, 0.25) is 5.02 Å². The van der Waals surface area contributed by atoms with Crippen LogP contribution in [-0.4, -0.2) is 22.6 Å². The first-order chi connectivity index (χ1) is 14.1. The van der Waals surface area contributed by atoms with Gasteiger partial charge in [-0.05, 0) is 30.3 Å². The van der Waals surface area contributed by atoms with E-state index in [9.17, 15) is 4.79 Å². The Morgan fingerprint density at radius 3 is 2.76 bits per heavy atom. The van der Waals surface area contributed by atoms with Gasteiger partial charge in [0, 0.05) is 22.8 Å². The molecule has 0 aliphatic heterocycles. The summed E-state index contributed by atoms with van der Waals surface area (Å²) in [7, 11) is 1.55. The number of thiazole rings is 1. The fraction of sp³-hybridized carbons (Fsp3) is 0.0909. The van der Waals surface area contributed by atoms with Crippen molar-refractivity contribution in [3.8, 4) is 27.7 Å². The number of hydrogen-bond donors (Lipinski definition) is 1. The smallest absolute Gasteiger partial charge is 0.244 e. The van der Waals surface area contributed by atoms with Crippen molar-refractivity contribution in [2.24, 2.45) is 0 Å². The zero-order chi connectivity index (χ0) is 20.2. The van der Waals surface area contributed by atoms with Gasteiger partial charge in [-0.15, -0.1) is 11.3 Å². The van der Waals surface area contributed by atoms with Gasteiger partial charge in [-0.1, -0.05) is 41.9 Å². The van der Waals surface area contributed by atoms with Gasteiger partial charge in [0.15, 0.2) is 0 Å². The molecule has 0 saturated heterocycles. The Labute approximate surface area is 177 Å². The fourth-order valence-corrected chi connectivity index (χ4v) is 4.11. The molecule has 2 heterocycles. The van der Waals surface area contributed by atoms with Gasteiger partial charge < -0.3 is 14.6 Å². The van der Waals surface area contributed by atoms with Crippen molar-refractivity contribution in [3.63, 3.8) is 0 Å². The Kier molecular flexibility index (Phi) is 5.64. The lowest BCUT2D eigenvalue weighted by Crippen LogP contribution is -2.18. The van der Waals surface area contributed by atoms with E-state index in [1.807, 2.05) is 58.6 Å². The number of carbonyl (C=O) groups is 1. The number of rotatable bonds is 6. The van der Waals surface area contributed by atoms with Gasteiger partial charge in [-0.25, -0.2) is 4.98 Å². The molecule has 0 saturated carbocycles. The average Bonchev–Trinajstić information content (AvgIpc) is 3.38. The molecule has 5 nitrogen and oxygen atoms in total. The number of benzene rings is 2. The molecule has 0 aliphatic carbocycles. The van der Waals surface area contributed by atoms with Crippen LogP contribution in [0, 0.1) is 0 Å². The topological polar surface area (TPSA) is 56.1 Å². The second kappa shape index (κ2) is 8.51. The molecule has 1 amide bonds. The molecule has 0 aliphatic rings. The number of ether oxygens (including phenoxy) is 1. The molecule has 0 unspecified atom stereocenters. The predicted molar refractivity (Wildman–Crippen MR) is 118 cm³/mol. The van der Waals surface area contributed by atoms with Crippen LogP contribution in [0.4, 0.5) is 5.69 Å². The molecule has 29 heavy (non-hydrogen) atoms. The van der Waals surface area contributed by atoms with Gasteiger partial charge in [0.05, 0.1) is 23.5 Å². The summed E-state index contributed by atoms with van der Waals surface area (Å²) in [5, 5.41) is 6.21. The van der Waals surface area contributed by atoms with Crippen LogP contribution < -0.4 is 10.1 Å². The largest absolute Gasteiger partial charge is 0.495 e. The van der Waals surface area contributed by atoms with Gasteiger partial charge >= 0.3 is 0 Å². The van der Waals surface area contributed by atoms with E-state index in [1.165, 1.54) is 0 Å². The molecule has 2 aromatic carbocycles. The molecule has 0 atom stereocenters. The average molecular weight is 424 g/mol. The van der Waals surface area contributed by atoms with Crippen LogP contribution in [0.15, 0.2) is 72.2 Å². The number of amides is 1. The quantitative estimate of drug-likeness (QED) is 0.440. The van der Waals surface area contributed by atoms with Crippen molar-refractivity contribution in [3.05, 3.63) is 77.3 Å². The number of anilines is 1. The van der Waals surface area contributed by atoms with E-state index in [0.717, 1.165) is 22.0 Å². The Morgan fingerprint density at radius 2 is 2.00 bits per heavy atom. The lowest BCUT2D eigenvalue weighted by Gasteiger charge is -2.10. The van der Waals surface area contributed by atoms with Crippen LogP contribution in [0.3, 0.4) is 0 Å². The number of methoxy groups -OCH3 is 1. The summed E-state index contributed by atoms with van der Waals surface area (Å²) in [6, 6.07) is 19.1. The number of aromatic nitrogens is 2. The van der Waals surface area contributed by atoms with Crippen LogP contribution in [0.5, 0.6) is 5.75 Å². The minimum atomic E-state index is -0.150. The molecule has 0 fully saturated rings. The molecule has 7 heteroatoms. The molecule has 0 bridgehead atoms. The maximum Gasteiger partial charge on any atom is 0.244 e. The molecule has 0 radical (unpaired) electrons. The summed E-state index contributed by atoms with van der Waals surface area (Å²) in [5.41, 5.74) is 3.52. The van der Waals surface area contributed by atoms with Gasteiger partial charge in [0.25, 0.3) is 0 Å². The van der Waals surface area contributed by atoms with Crippen molar-refractivity contribution in [1.82, 2.24) is 9.55 Å². The Balaban J connectivity index is 1.49. The van der Waals surface area contributed by atoms with Crippen molar-refractivity contribution < 1.29 is 9.53 Å². The highest BCUT2D eigenvalue weighted by atomic mass is 35.5. The van der Waals surface area contributed by atoms with Crippen LogP contribution in [0.25, 0.3) is 22.0 Å². The third-order valence-electron chi connectivity index (χ3n) is 4.37. The highest BCUT2D eigenvalue weighted by Crippen LogP contribution is 2.30. The third-order valence-corrected chi connectivity index (χ3v) is 5.53. The standard InChI is InChI=1S/C22H18ClN3O2S/c1-28-20-10-9-16(12-17(20)23)24-21(27)13-26-11-5-8-19(26)22-25-18(14-29-22)15-6-3-2-4-7-15/h2-12,14H,13H2,1H3,(H,24,27). The first-order valence-electron chi connectivity index (χ1n) is 8.94. The van der Waals surface area contributed by atoms with Gasteiger partial charge in [0.1, 0.15) is 17.3 Å². The summed E-state index contributed by atoms with van der Waals surface area (Å²) in [6.07, 6.45) is 1.87. The highest BCUT2D eigenvalue weighted by Gasteiger charge is 2.13. The highest BCUT2D eigenvalue weighted by molar-refractivity contribution is 7.13. The SMILES string of the molecule is COc1ccc(NC(=O)Cn2cccc2-c2nc(-c3ccccc3)cs2)cc1Cl. The molecule has 2 aromatic heterocycles. The Bertz CT molecular complexity index is 1140. The molecule has 4 aromatic rings. The maximum absolute atomic E-state index is 12.5. The van der Waals surface area contributed by atoms with E-state index in [-0.39, 0.29) is 12.5 Å². The zero-order valence-electron chi connectivity index (χ0n) is 15.6. The van der Waals surface area contributed by atoms with Crippen LogP contribution >= 0.6 is 22.9 Å². The van der Waals surface area contributed by atoms with Gasteiger partial charge in [0.2, 0.25) is 5.91 Å². The van der Waals surface area contributed by atoms with E-state index in [4.69, 9.17) is 21.3 Å². The molecular formula is C22H18ClN3O2S. The number of hydrogen-bond acceptors (Lipinski definition) is 4. The summed E-state index contributed by atoms with van der Waals surface area (Å²) in [6.45, 7) is 0.173. The van der Waals surface area contributed by atoms with Crippen LogP contribution in [-0.2, 0) is 11.3 Å². The second-order valence-corrected chi connectivity index (χ2v) is 7.59. The Morgan fingerprint density at radius 1 is 1.17 bits per heavy atom. The summed E-state index contributed by atoms with van der Waals surface area (Å²) in [4.78, 5) is 17.3. The first kappa shape index (κ1) is 19.2. The normalized spacial score (nSPS) is 10.7. The minimum absolute atomic E-state index is 0.150. The molecule has 1 N–H and O–H groups in total. The van der Waals surface area contributed by atoms with Gasteiger partial charge in [-0.3, -0.25) is 4.79 Å². The van der Waals surface area contributed by atoms with E-state index < -0.39 is 0 Å². The van der Waals surface area contributed by atoms with Crippen molar-refractivity contribution in [2.75, 3.05) is 12.4 Å². The maximum atomic E-state index is 12.5. The monoisotopic (exact) mass is 423 g/mol. The van der Waals surface area contributed by atoms with E-state index in [1.54, 1.807) is 36.6 Å². The number of nitrogens with zero attached hydrogens (tertiary/aromatic N) is 2. The number of halogens is 1. The van der Waals surface area contributed by atoms with Crippen LogP contribution in [0.1, 0.15) is 0 Å². The van der Waals surface area contributed by atoms with E-state index in [0.29, 0.717) is 16.5 Å². The zero-order valence-corrected chi connectivity index (χ0v) is 17.2. The molecule has 0 spiro atoms. The third kappa shape index (κ3) is 4.34. The first-order valence-corrected chi connectivity index (χ1v) is 10.2. The predicted octanol–water partition coefficient (Wildman–Crippen LogP) is 5.58. The lowest BCUT2D eigenvalue weighted by molar-refractivity contribution is -0.116. The van der Waals surface area contributed by atoms with E-state index >= 15 is 0 Å². The lowest BCUT2D eigenvalue weighted by atomic mass is 10.2. The summed E-state index contributed by atoms with van der Waals surface area (Å²) < 4.78 is 7.02. The number of carbonyl (C=O) groups excluding carboxylic acids is 1. The molecule has 4 rings (SSSR count). The minimum Gasteiger partial charge on any atom is -0.495 e. The van der Waals surface area contributed by atoms with Crippen molar-refractivity contribution >= 4 is 34.5 Å².